The van der Waals surface area contributed by atoms with E-state index >= 15 is 0 Å². The third-order valence-electron chi connectivity index (χ3n) is 3.15. The number of hydrogen-bond acceptors (Lipinski definition) is 6. The molecule has 24 heavy (non-hydrogen) atoms. The molecule has 0 radical (unpaired) electrons. The van der Waals surface area contributed by atoms with Gasteiger partial charge in [-0.25, -0.2) is 0 Å². The molecule has 3 N–H and O–H groups in total. The third kappa shape index (κ3) is 5.21. The Bertz CT molecular complexity index is 679. The summed E-state index contributed by atoms with van der Waals surface area (Å²) in [6.45, 7) is 1.28. The fourth-order valence-corrected chi connectivity index (χ4v) is 1.83. The van der Waals surface area contributed by atoms with Gasteiger partial charge >= 0.3 is 5.97 Å². The van der Waals surface area contributed by atoms with Crippen LogP contribution in [0.25, 0.3) is 0 Å². The van der Waals surface area contributed by atoms with Crippen molar-refractivity contribution in [3.05, 3.63) is 35.5 Å². The molecule has 0 aliphatic heterocycles. The van der Waals surface area contributed by atoms with Gasteiger partial charge in [-0.05, 0) is 24.6 Å². The van der Waals surface area contributed by atoms with E-state index in [4.69, 9.17) is 19.8 Å². The molecule has 1 rings (SSSR count). The average molecular weight is 333 g/mol. The first kappa shape index (κ1) is 18.8. The highest BCUT2D eigenvalue weighted by Crippen LogP contribution is 2.29. The Labute approximate surface area is 139 Å². The summed E-state index contributed by atoms with van der Waals surface area (Å²) < 4.78 is 10.4. The molecule has 1 atom stereocenters. The summed E-state index contributed by atoms with van der Waals surface area (Å²) in [6.07, 6.45) is 1.25. The summed E-state index contributed by atoms with van der Waals surface area (Å²) in [4.78, 5) is 22.1. The molecule has 0 aliphatic rings. The molecule has 128 valence electrons. The number of nitriles is 1. The summed E-state index contributed by atoms with van der Waals surface area (Å²) in [5, 5.41) is 22.6. The maximum atomic E-state index is 11.7. The number of hydrogen-bond donors (Lipinski definition) is 3. The van der Waals surface area contributed by atoms with Gasteiger partial charge in [-0.3, -0.25) is 9.59 Å². The van der Waals surface area contributed by atoms with Gasteiger partial charge < -0.3 is 25.2 Å². The van der Waals surface area contributed by atoms with Crippen molar-refractivity contribution in [3.63, 3.8) is 0 Å². The molecule has 0 saturated heterocycles. The van der Waals surface area contributed by atoms with Gasteiger partial charge in [0, 0.05) is 12.2 Å². The van der Waals surface area contributed by atoms with Crippen LogP contribution in [-0.2, 0) is 9.59 Å². The number of carbonyl (C=O) groups is 2. The van der Waals surface area contributed by atoms with Crippen molar-refractivity contribution >= 4 is 11.9 Å². The van der Waals surface area contributed by atoms with Gasteiger partial charge in [0.2, 0.25) is 0 Å². The normalized spacial score (nSPS) is 11.8. The number of nitrogens with one attached hydrogen (secondary N) is 2. The lowest BCUT2D eigenvalue weighted by Gasteiger charge is -2.15. The maximum absolute atomic E-state index is 11.7. The topological polar surface area (TPSA) is 121 Å². The van der Waals surface area contributed by atoms with Gasteiger partial charge in [0.15, 0.2) is 11.5 Å². The minimum Gasteiger partial charge on any atom is -0.493 e. The number of carboxylic acids is 1. The van der Waals surface area contributed by atoms with Crippen molar-refractivity contribution in [1.29, 1.82) is 5.26 Å². The predicted octanol–water partition coefficient (Wildman–Crippen LogP) is 0.963. The molecule has 1 aromatic rings. The number of aliphatic carboxylic acids is 1. The highest BCUT2D eigenvalue weighted by molar-refractivity contribution is 5.98. The van der Waals surface area contributed by atoms with Crippen LogP contribution in [-0.4, -0.2) is 37.7 Å². The fourth-order valence-electron chi connectivity index (χ4n) is 1.83. The SMILES string of the molecule is COc1ccc(C(C)N/C=C(/C#N)C(=O)NCC(=O)O)cc1OC. The molecule has 1 unspecified atom stereocenters. The fraction of sp³-hybridized carbons (Fsp3) is 0.312. The molecule has 8 heteroatoms. The van der Waals surface area contributed by atoms with E-state index in [1.165, 1.54) is 20.4 Å². The van der Waals surface area contributed by atoms with E-state index in [1.807, 2.05) is 13.0 Å². The molecule has 1 amide bonds. The Morgan fingerprint density at radius 3 is 2.54 bits per heavy atom. The van der Waals surface area contributed by atoms with E-state index in [1.54, 1.807) is 18.2 Å². The molecule has 1 aromatic carbocycles. The highest BCUT2D eigenvalue weighted by atomic mass is 16.5. The van der Waals surface area contributed by atoms with Crippen LogP contribution < -0.4 is 20.1 Å². The first-order valence-electron chi connectivity index (χ1n) is 7.01. The summed E-state index contributed by atoms with van der Waals surface area (Å²) in [5.74, 6) is -0.790. The summed E-state index contributed by atoms with van der Waals surface area (Å²) in [7, 11) is 3.07. The second kappa shape index (κ2) is 9.05. The van der Waals surface area contributed by atoms with Crippen LogP contribution >= 0.6 is 0 Å². The summed E-state index contributed by atoms with van der Waals surface area (Å²) in [6, 6.07) is 6.85. The molecule has 0 aliphatic carbocycles. The molecular weight excluding hydrogens is 314 g/mol. The van der Waals surface area contributed by atoms with Gasteiger partial charge in [-0.2, -0.15) is 5.26 Å². The molecule has 0 spiro atoms. The Kier molecular flexibility index (Phi) is 7.10. The smallest absolute Gasteiger partial charge is 0.322 e. The summed E-state index contributed by atoms with van der Waals surface area (Å²) in [5.41, 5.74) is 0.635. The van der Waals surface area contributed by atoms with Crippen molar-refractivity contribution in [2.24, 2.45) is 0 Å². The lowest BCUT2D eigenvalue weighted by molar-refractivity contribution is -0.137. The first-order valence-corrected chi connectivity index (χ1v) is 7.01. The number of carbonyl (C=O) groups excluding carboxylic acids is 1. The molecule has 0 aromatic heterocycles. The van der Waals surface area contributed by atoms with Crippen LogP contribution in [0.5, 0.6) is 11.5 Å². The van der Waals surface area contributed by atoms with E-state index < -0.39 is 18.4 Å². The number of carboxylic acid groups (broad SMARTS) is 1. The molecule has 0 saturated carbocycles. The molecule has 8 nitrogen and oxygen atoms in total. The number of ether oxygens (including phenoxy) is 2. The van der Waals surface area contributed by atoms with Gasteiger partial charge in [0.25, 0.3) is 5.91 Å². The van der Waals surface area contributed by atoms with Crippen molar-refractivity contribution in [1.82, 2.24) is 10.6 Å². The average Bonchev–Trinajstić information content (AvgIpc) is 2.59. The molecule has 0 fully saturated rings. The zero-order chi connectivity index (χ0) is 18.1. The summed E-state index contributed by atoms with van der Waals surface area (Å²) >= 11 is 0. The van der Waals surface area contributed by atoms with Gasteiger partial charge in [0.05, 0.1) is 14.2 Å². The van der Waals surface area contributed by atoms with Crippen LogP contribution in [0.3, 0.4) is 0 Å². The quantitative estimate of drug-likeness (QED) is 0.478. The Hall–Kier alpha value is -3.21. The van der Waals surface area contributed by atoms with Crippen molar-refractivity contribution in [3.8, 4) is 17.6 Å². The van der Waals surface area contributed by atoms with Crippen molar-refractivity contribution < 1.29 is 24.2 Å². The second-order valence-electron chi connectivity index (χ2n) is 4.75. The largest absolute Gasteiger partial charge is 0.493 e. The monoisotopic (exact) mass is 333 g/mol. The lowest BCUT2D eigenvalue weighted by atomic mass is 10.1. The predicted molar refractivity (Wildman–Crippen MR) is 85.4 cm³/mol. The first-order chi connectivity index (χ1) is 11.4. The standard InChI is InChI=1S/C16H19N3O5/c1-10(11-4-5-13(23-2)14(6-11)24-3)18-8-12(7-17)16(22)19-9-15(20)21/h4-6,8,10,18H,9H2,1-3H3,(H,19,22)(H,20,21)/b12-8-. The second-order valence-corrected chi connectivity index (χ2v) is 4.75. The van der Waals surface area contributed by atoms with E-state index in [-0.39, 0.29) is 11.6 Å². The third-order valence-corrected chi connectivity index (χ3v) is 3.15. The zero-order valence-electron chi connectivity index (χ0n) is 13.6. The number of benzene rings is 1. The van der Waals surface area contributed by atoms with E-state index in [0.717, 1.165) is 5.56 Å². The van der Waals surface area contributed by atoms with E-state index in [0.29, 0.717) is 11.5 Å². The van der Waals surface area contributed by atoms with Gasteiger partial charge in [0.1, 0.15) is 18.2 Å². The van der Waals surface area contributed by atoms with Gasteiger partial charge in [-0.1, -0.05) is 6.07 Å². The van der Waals surface area contributed by atoms with E-state index in [9.17, 15) is 9.59 Å². The van der Waals surface area contributed by atoms with Crippen molar-refractivity contribution in [2.45, 2.75) is 13.0 Å². The molecule has 0 bridgehead atoms. The lowest BCUT2D eigenvalue weighted by Crippen LogP contribution is -2.30. The Balaban J connectivity index is 2.82. The molecular formula is C16H19N3O5. The number of amides is 1. The van der Waals surface area contributed by atoms with Crippen LogP contribution in [0.2, 0.25) is 0 Å². The van der Waals surface area contributed by atoms with Crippen molar-refractivity contribution in [2.75, 3.05) is 20.8 Å². The molecule has 0 heterocycles. The number of methoxy groups -OCH3 is 2. The number of nitrogens with zero attached hydrogens (tertiary/aromatic N) is 1. The highest BCUT2D eigenvalue weighted by Gasteiger charge is 2.12. The Morgan fingerprint density at radius 2 is 2.00 bits per heavy atom. The van der Waals surface area contributed by atoms with Crippen LogP contribution in [0.1, 0.15) is 18.5 Å². The Morgan fingerprint density at radius 1 is 1.33 bits per heavy atom. The minimum absolute atomic E-state index is 0.219. The minimum atomic E-state index is -1.19. The van der Waals surface area contributed by atoms with E-state index in [2.05, 4.69) is 10.6 Å². The number of rotatable bonds is 8. The maximum Gasteiger partial charge on any atom is 0.322 e. The zero-order valence-corrected chi connectivity index (χ0v) is 13.6. The van der Waals surface area contributed by atoms with Crippen LogP contribution in [0, 0.1) is 11.3 Å². The van der Waals surface area contributed by atoms with Crippen LogP contribution in [0.4, 0.5) is 0 Å². The van der Waals surface area contributed by atoms with Crippen LogP contribution in [0.15, 0.2) is 30.0 Å². The van der Waals surface area contributed by atoms with Gasteiger partial charge in [-0.15, -0.1) is 0 Å².